The Bertz CT molecular complexity index is 1130. The Morgan fingerprint density at radius 2 is 1.83 bits per heavy atom. The minimum absolute atomic E-state index is 0.187. The highest BCUT2D eigenvalue weighted by Gasteiger charge is 2.27. The van der Waals surface area contributed by atoms with E-state index in [0.29, 0.717) is 12.0 Å². The number of aromatic nitrogens is 1. The molecule has 5 nitrogen and oxygen atoms in total. The molecule has 0 aliphatic heterocycles. The van der Waals surface area contributed by atoms with E-state index in [4.69, 9.17) is 14.5 Å². The number of hydrogen-bond donors (Lipinski definition) is 0. The van der Waals surface area contributed by atoms with E-state index in [0.717, 1.165) is 45.5 Å². The number of para-hydroxylation sites is 1. The number of benzene rings is 2. The van der Waals surface area contributed by atoms with Crippen molar-refractivity contribution in [2.75, 3.05) is 13.7 Å². The summed E-state index contributed by atoms with van der Waals surface area (Å²) in [5.41, 5.74) is 5.10. The number of pyridine rings is 1. The topological polar surface area (TPSA) is 65.5 Å². The summed E-state index contributed by atoms with van der Waals surface area (Å²) in [6.45, 7) is 1.18. The van der Waals surface area contributed by atoms with Gasteiger partial charge in [0, 0.05) is 5.39 Å². The van der Waals surface area contributed by atoms with Crippen LogP contribution < -0.4 is 4.74 Å². The van der Waals surface area contributed by atoms with Gasteiger partial charge < -0.3 is 9.47 Å². The highest BCUT2D eigenvalue weighted by atomic mass is 16.5. The van der Waals surface area contributed by atoms with Crippen molar-refractivity contribution in [1.29, 1.82) is 0 Å². The number of Topliss-reactive ketones (excluding diaryl/α,β-unsaturated/α-hetero) is 1. The minimum atomic E-state index is -0.472. The maximum absolute atomic E-state index is 12.8. The zero-order chi connectivity index (χ0) is 20.4. The van der Waals surface area contributed by atoms with Crippen molar-refractivity contribution in [1.82, 2.24) is 4.98 Å². The summed E-state index contributed by atoms with van der Waals surface area (Å²) in [5.74, 6) is 0.146. The third-order valence-corrected chi connectivity index (χ3v) is 5.01. The van der Waals surface area contributed by atoms with Gasteiger partial charge in [0.05, 0.1) is 23.9 Å². The molecule has 29 heavy (non-hydrogen) atoms. The van der Waals surface area contributed by atoms with Crippen molar-refractivity contribution in [2.24, 2.45) is 0 Å². The molecule has 4 rings (SSSR count). The van der Waals surface area contributed by atoms with Gasteiger partial charge in [0.25, 0.3) is 0 Å². The fourth-order valence-electron chi connectivity index (χ4n) is 3.65. The smallest absolute Gasteiger partial charge is 0.339 e. The number of allylic oxidation sites excluding steroid dienone is 1. The molecule has 0 radical (unpaired) electrons. The van der Waals surface area contributed by atoms with Crippen LogP contribution in [0, 0.1) is 0 Å². The van der Waals surface area contributed by atoms with Crippen molar-refractivity contribution in [3.05, 3.63) is 70.9 Å². The van der Waals surface area contributed by atoms with E-state index in [1.54, 1.807) is 7.11 Å². The van der Waals surface area contributed by atoms with Crippen molar-refractivity contribution in [3.63, 3.8) is 0 Å². The molecule has 0 fully saturated rings. The quantitative estimate of drug-likeness (QED) is 0.604. The molecular formula is C24H21NO4. The molecule has 0 amide bonds. The summed E-state index contributed by atoms with van der Waals surface area (Å²) in [6, 6.07) is 15.4. The maximum atomic E-state index is 12.8. The molecule has 1 aliphatic carbocycles. The molecule has 0 saturated heterocycles. The lowest BCUT2D eigenvalue weighted by Crippen LogP contribution is -2.14. The molecule has 146 valence electrons. The maximum Gasteiger partial charge on any atom is 0.339 e. The number of nitrogens with zero attached hydrogens (tertiary/aromatic N) is 1. The zero-order valence-electron chi connectivity index (χ0n) is 16.4. The first-order valence-corrected chi connectivity index (χ1v) is 9.50. The van der Waals surface area contributed by atoms with Crippen LogP contribution in [0.4, 0.5) is 0 Å². The lowest BCUT2D eigenvalue weighted by atomic mass is 10.0. The van der Waals surface area contributed by atoms with Crippen LogP contribution in [-0.4, -0.2) is 30.5 Å². The van der Waals surface area contributed by atoms with Gasteiger partial charge >= 0.3 is 5.97 Å². The van der Waals surface area contributed by atoms with E-state index in [1.807, 2.05) is 48.5 Å². The standard InChI is InChI=1S/C24H21NO4/c1-15(26)14-29-24(27)22-19-5-3-4-6-21(19)25-23-17(9-12-20(22)23)13-16-7-10-18(28-2)11-8-16/h3-8,10-11,13H,9,12,14H2,1-2H3/b17-13+. The molecule has 0 unspecified atom stereocenters. The fraction of sp³-hybridized carbons (Fsp3) is 0.208. The largest absolute Gasteiger partial charge is 0.497 e. The Morgan fingerprint density at radius 3 is 2.55 bits per heavy atom. The molecule has 0 saturated carbocycles. The number of ether oxygens (including phenoxy) is 2. The molecular weight excluding hydrogens is 366 g/mol. The van der Waals surface area contributed by atoms with E-state index in [-0.39, 0.29) is 12.4 Å². The Kier molecular flexibility index (Phi) is 5.12. The molecule has 1 aliphatic rings. The lowest BCUT2D eigenvalue weighted by Gasteiger charge is -2.12. The summed E-state index contributed by atoms with van der Waals surface area (Å²) in [6.07, 6.45) is 3.59. The monoisotopic (exact) mass is 387 g/mol. The average Bonchev–Trinajstić information content (AvgIpc) is 3.12. The van der Waals surface area contributed by atoms with Gasteiger partial charge in [0.15, 0.2) is 5.78 Å². The third-order valence-electron chi connectivity index (χ3n) is 5.01. The Morgan fingerprint density at radius 1 is 1.07 bits per heavy atom. The molecule has 1 heterocycles. The molecule has 0 atom stereocenters. The van der Waals surface area contributed by atoms with Crippen LogP contribution in [0.2, 0.25) is 0 Å². The second kappa shape index (κ2) is 7.87. The van der Waals surface area contributed by atoms with Gasteiger partial charge in [-0.2, -0.15) is 0 Å². The number of hydrogen-bond acceptors (Lipinski definition) is 5. The highest BCUT2D eigenvalue weighted by Crippen LogP contribution is 2.37. The first-order chi connectivity index (χ1) is 14.1. The molecule has 1 aromatic heterocycles. The molecule has 0 bridgehead atoms. The molecule has 2 aromatic carbocycles. The molecule has 5 heteroatoms. The second-order valence-electron chi connectivity index (χ2n) is 7.05. The Balaban J connectivity index is 1.80. The van der Waals surface area contributed by atoms with Crippen LogP contribution in [0.5, 0.6) is 5.75 Å². The van der Waals surface area contributed by atoms with Crippen LogP contribution in [-0.2, 0) is 16.0 Å². The number of fused-ring (bicyclic) bond motifs is 2. The first kappa shape index (κ1) is 18.9. The van der Waals surface area contributed by atoms with E-state index in [1.165, 1.54) is 6.92 Å². The number of rotatable bonds is 5. The van der Waals surface area contributed by atoms with E-state index in [9.17, 15) is 9.59 Å². The van der Waals surface area contributed by atoms with Gasteiger partial charge in [-0.05, 0) is 60.7 Å². The highest BCUT2D eigenvalue weighted by molar-refractivity contribution is 6.07. The van der Waals surface area contributed by atoms with Crippen molar-refractivity contribution < 1.29 is 19.1 Å². The third kappa shape index (κ3) is 3.76. The van der Waals surface area contributed by atoms with Crippen LogP contribution in [0.3, 0.4) is 0 Å². The van der Waals surface area contributed by atoms with Gasteiger partial charge in [0.1, 0.15) is 12.4 Å². The number of carbonyl (C=O) groups is 2. The molecule has 0 spiro atoms. The van der Waals surface area contributed by atoms with Gasteiger partial charge in [-0.3, -0.25) is 4.79 Å². The average molecular weight is 387 g/mol. The summed E-state index contributed by atoms with van der Waals surface area (Å²) >= 11 is 0. The van der Waals surface area contributed by atoms with Crippen molar-refractivity contribution in [3.8, 4) is 5.75 Å². The SMILES string of the molecule is COc1ccc(/C=C2\CCc3c2nc2ccccc2c3C(=O)OCC(C)=O)cc1. The number of ketones is 1. The van der Waals surface area contributed by atoms with Gasteiger partial charge in [-0.25, -0.2) is 9.78 Å². The fourth-order valence-corrected chi connectivity index (χ4v) is 3.65. The van der Waals surface area contributed by atoms with Crippen LogP contribution in [0.1, 0.15) is 40.5 Å². The number of methoxy groups -OCH3 is 1. The van der Waals surface area contributed by atoms with E-state index in [2.05, 4.69) is 6.08 Å². The Hall–Kier alpha value is -3.47. The predicted octanol–water partition coefficient (Wildman–Crippen LogP) is 4.48. The van der Waals surface area contributed by atoms with Crippen LogP contribution in [0.15, 0.2) is 48.5 Å². The second-order valence-corrected chi connectivity index (χ2v) is 7.05. The summed E-state index contributed by atoms with van der Waals surface area (Å²) in [7, 11) is 1.64. The Labute approximate surface area is 169 Å². The normalized spacial score (nSPS) is 14.1. The lowest BCUT2D eigenvalue weighted by molar-refractivity contribution is -0.120. The van der Waals surface area contributed by atoms with E-state index >= 15 is 0 Å². The number of carbonyl (C=O) groups excluding carboxylic acids is 2. The van der Waals surface area contributed by atoms with Gasteiger partial charge in [0.2, 0.25) is 0 Å². The zero-order valence-corrected chi connectivity index (χ0v) is 16.4. The van der Waals surface area contributed by atoms with Crippen LogP contribution in [0.25, 0.3) is 22.6 Å². The van der Waals surface area contributed by atoms with Crippen LogP contribution >= 0.6 is 0 Å². The van der Waals surface area contributed by atoms with Crippen molar-refractivity contribution >= 4 is 34.3 Å². The molecule has 0 N–H and O–H groups in total. The number of esters is 1. The summed E-state index contributed by atoms with van der Waals surface area (Å²) in [5, 5.41) is 0.755. The first-order valence-electron chi connectivity index (χ1n) is 9.50. The van der Waals surface area contributed by atoms with Gasteiger partial charge in [-0.1, -0.05) is 30.3 Å². The summed E-state index contributed by atoms with van der Waals surface area (Å²) < 4.78 is 10.5. The predicted molar refractivity (Wildman–Crippen MR) is 112 cm³/mol. The van der Waals surface area contributed by atoms with E-state index < -0.39 is 5.97 Å². The summed E-state index contributed by atoms with van der Waals surface area (Å²) in [4.78, 5) is 28.9. The van der Waals surface area contributed by atoms with Gasteiger partial charge in [-0.15, -0.1) is 0 Å². The van der Waals surface area contributed by atoms with Crippen molar-refractivity contribution in [2.45, 2.75) is 19.8 Å². The molecule has 3 aromatic rings. The minimum Gasteiger partial charge on any atom is -0.497 e.